The number of benzene rings is 2. The number of piperidine rings is 1. The van der Waals surface area contributed by atoms with Gasteiger partial charge in [0, 0.05) is 18.6 Å². The molecule has 1 saturated heterocycles. The zero-order valence-corrected chi connectivity index (χ0v) is 22.9. The number of nitrogens with two attached hydrogens (primary N) is 1. The smallest absolute Gasteiger partial charge is 0.394 e. The number of sulfonamides is 1. The molecule has 1 aliphatic heterocycles. The Hall–Kier alpha value is -2.47. The highest BCUT2D eigenvalue weighted by Gasteiger charge is 2.36. The van der Waals surface area contributed by atoms with Crippen molar-refractivity contribution < 1.29 is 31.5 Å². The summed E-state index contributed by atoms with van der Waals surface area (Å²) in [6.45, 7) is 1.83. The van der Waals surface area contributed by atoms with Crippen molar-refractivity contribution in [2.75, 3.05) is 19.7 Å². The summed E-state index contributed by atoms with van der Waals surface area (Å²) in [7, 11) is -3.71. The van der Waals surface area contributed by atoms with Gasteiger partial charge in [-0.15, -0.1) is 0 Å². The van der Waals surface area contributed by atoms with Gasteiger partial charge < -0.3 is 15.7 Å². The van der Waals surface area contributed by atoms with Crippen LogP contribution in [0.5, 0.6) is 0 Å². The lowest BCUT2D eigenvalue weighted by Gasteiger charge is -2.37. The largest absolute Gasteiger partial charge is 0.416 e. The number of hydrogen-bond acceptors (Lipinski definition) is 6. The molecule has 1 aliphatic carbocycles. The van der Waals surface area contributed by atoms with E-state index in [-0.39, 0.29) is 37.1 Å². The van der Waals surface area contributed by atoms with Crippen LogP contribution < -0.4 is 5.73 Å². The summed E-state index contributed by atoms with van der Waals surface area (Å²) < 4.78 is 68.8. The maximum atomic E-state index is 13.8. The van der Waals surface area contributed by atoms with Crippen molar-refractivity contribution in [3.63, 3.8) is 0 Å². The minimum Gasteiger partial charge on any atom is -0.394 e. The summed E-state index contributed by atoms with van der Waals surface area (Å²) in [5.74, 6) is -0.0675. The summed E-state index contributed by atoms with van der Waals surface area (Å²) >= 11 is 0. The van der Waals surface area contributed by atoms with Crippen molar-refractivity contribution in [1.29, 1.82) is 0 Å². The highest BCUT2D eigenvalue weighted by molar-refractivity contribution is 7.89. The Balaban J connectivity index is 1.40. The molecule has 0 bridgehead atoms. The number of aliphatic hydroxyl groups excluding tert-OH is 1. The van der Waals surface area contributed by atoms with E-state index in [4.69, 9.17) is 10.6 Å². The average Bonchev–Trinajstić information content (AvgIpc) is 2.93. The van der Waals surface area contributed by atoms with Crippen LogP contribution in [0.3, 0.4) is 0 Å². The van der Waals surface area contributed by atoms with Gasteiger partial charge in [0.1, 0.15) is 6.61 Å². The fraction of sp³-hybridized carbons (Fsp3) is 0.536. The second-order valence-electron chi connectivity index (χ2n) is 10.7. The van der Waals surface area contributed by atoms with E-state index in [9.17, 15) is 26.7 Å². The molecular weight excluding hydrogens is 531 g/mol. The van der Waals surface area contributed by atoms with Crippen molar-refractivity contribution in [1.82, 2.24) is 4.31 Å². The molecule has 1 saturated carbocycles. The summed E-state index contributed by atoms with van der Waals surface area (Å²) in [6, 6.07) is 10.6. The van der Waals surface area contributed by atoms with E-state index in [0.29, 0.717) is 35.2 Å². The highest BCUT2D eigenvalue weighted by Crippen LogP contribution is 2.41. The van der Waals surface area contributed by atoms with Gasteiger partial charge >= 0.3 is 6.18 Å². The van der Waals surface area contributed by atoms with Gasteiger partial charge in [-0.25, -0.2) is 8.42 Å². The Kier molecular flexibility index (Phi) is 9.05. The van der Waals surface area contributed by atoms with Crippen LogP contribution in [0.15, 0.2) is 52.5 Å². The number of hydrogen-bond donors (Lipinski definition) is 2. The van der Waals surface area contributed by atoms with Crippen LogP contribution in [0.25, 0.3) is 0 Å². The highest BCUT2D eigenvalue weighted by atomic mass is 32.2. The molecule has 0 atom stereocenters. The molecule has 7 nitrogen and oxygen atoms in total. The number of rotatable bonds is 8. The minimum absolute atomic E-state index is 0.0675. The molecule has 2 aromatic carbocycles. The second kappa shape index (κ2) is 12.0. The Labute approximate surface area is 227 Å². The SMILES string of the molecule is CC(=NOCc1ccc(C2CCCCC2)c(C(F)(F)F)c1)c1ccc(S(=O)(=O)N2CCC(N)(CO)CC2)cc1. The van der Waals surface area contributed by atoms with Crippen LogP contribution in [0.4, 0.5) is 13.2 Å². The molecule has 2 fully saturated rings. The first-order valence-electron chi connectivity index (χ1n) is 13.3. The molecule has 3 N–H and O–H groups in total. The van der Waals surface area contributed by atoms with E-state index in [0.717, 1.165) is 38.2 Å². The normalized spacial score (nSPS) is 19.7. The molecule has 2 aliphatic rings. The third-order valence-corrected chi connectivity index (χ3v) is 9.76. The predicted molar refractivity (Wildman–Crippen MR) is 143 cm³/mol. The van der Waals surface area contributed by atoms with Gasteiger partial charge in [0.25, 0.3) is 0 Å². The maximum Gasteiger partial charge on any atom is 0.416 e. The van der Waals surface area contributed by atoms with E-state index in [1.54, 1.807) is 31.2 Å². The monoisotopic (exact) mass is 567 g/mol. The van der Waals surface area contributed by atoms with Gasteiger partial charge in [0.05, 0.1) is 22.8 Å². The number of halogens is 3. The van der Waals surface area contributed by atoms with Crippen LogP contribution >= 0.6 is 0 Å². The van der Waals surface area contributed by atoms with Gasteiger partial charge in [-0.2, -0.15) is 17.5 Å². The molecule has 39 heavy (non-hydrogen) atoms. The molecule has 4 rings (SSSR count). The summed E-state index contributed by atoms with van der Waals surface area (Å²) in [5.41, 5.74) is 6.52. The van der Waals surface area contributed by atoms with Crippen LogP contribution in [-0.4, -0.2) is 48.8 Å². The topological polar surface area (TPSA) is 105 Å². The molecule has 11 heteroatoms. The molecule has 1 heterocycles. The molecule has 0 amide bonds. The van der Waals surface area contributed by atoms with E-state index in [2.05, 4.69) is 5.16 Å². The molecule has 0 radical (unpaired) electrons. The summed E-state index contributed by atoms with van der Waals surface area (Å²) in [5, 5.41) is 13.4. The quantitative estimate of drug-likeness (QED) is 0.338. The Morgan fingerprint density at radius 1 is 1.10 bits per heavy atom. The van der Waals surface area contributed by atoms with E-state index in [1.807, 2.05) is 0 Å². The Morgan fingerprint density at radius 2 is 1.74 bits per heavy atom. The number of nitrogens with zero attached hydrogens (tertiary/aromatic N) is 2. The third-order valence-electron chi connectivity index (χ3n) is 7.84. The van der Waals surface area contributed by atoms with Crippen molar-refractivity contribution in [2.45, 2.75) is 81.0 Å². The lowest BCUT2D eigenvalue weighted by atomic mass is 9.81. The second-order valence-corrected chi connectivity index (χ2v) is 12.6. The van der Waals surface area contributed by atoms with E-state index >= 15 is 0 Å². The first-order chi connectivity index (χ1) is 18.4. The molecule has 0 unspecified atom stereocenters. The molecule has 0 aromatic heterocycles. The zero-order chi connectivity index (χ0) is 28.3. The van der Waals surface area contributed by atoms with E-state index in [1.165, 1.54) is 16.4 Å². The van der Waals surface area contributed by atoms with E-state index < -0.39 is 27.3 Å². The maximum absolute atomic E-state index is 13.8. The van der Waals surface area contributed by atoms with Crippen LogP contribution in [0.1, 0.15) is 80.0 Å². The van der Waals surface area contributed by atoms with Crippen molar-refractivity contribution >= 4 is 15.7 Å². The molecular formula is C28H36F3N3O4S. The fourth-order valence-electron chi connectivity index (χ4n) is 5.31. The van der Waals surface area contributed by atoms with Crippen LogP contribution in [0, 0.1) is 0 Å². The average molecular weight is 568 g/mol. The van der Waals surface area contributed by atoms with Crippen LogP contribution in [0.2, 0.25) is 0 Å². The van der Waals surface area contributed by atoms with Gasteiger partial charge in [-0.1, -0.05) is 48.7 Å². The van der Waals surface area contributed by atoms with Gasteiger partial charge in [0.2, 0.25) is 10.0 Å². The Bertz CT molecular complexity index is 1270. The van der Waals surface area contributed by atoms with Crippen LogP contribution in [-0.2, 0) is 27.6 Å². The standard InChI is InChI=1S/C28H36F3N3O4S/c1-20(22-8-10-24(11-9-22)39(36,37)34-15-13-27(32,19-35)14-16-34)33-38-18-21-7-12-25(23-5-3-2-4-6-23)26(17-21)28(29,30)31/h7-12,17,23,35H,2-6,13-16,18-19,32H2,1H3. The zero-order valence-electron chi connectivity index (χ0n) is 22.1. The van der Waals surface area contributed by atoms with Crippen molar-refractivity contribution in [3.05, 3.63) is 64.7 Å². The van der Waals surface area contributed by atoms with Crippen molar-refractivity contribution in [3.8, 4) is 0 Å². The summed E-state index contributed by atoms with van der Waals surface area (Å²) in [4.78, 5) is 5.50. The Morgan fingerprint density at radius 3 is 2.33 bits per heavy atom. The lowest BCUT2D eigenvalue weighted by Crippen LogP contribution is -2.53. The molecule has 0 spiro atoms. The number of aliphatic hydroxyl groups is 1. The fourth-order valence-corrected chi connectivity index (χ4v) is 6.75. The molecule has 214 valence electrons. The summed E-state index contributed by atoms with van der Waals surface area (Å²) in [6.07, 6.45) is 0.827. The van der Waals surface area contributed by atoms with Gasteiger partial charge in [-0.05, 0) is 73.4 Å². The van der Waals surface area contributed by atoms with Crippen molar-refractivity contribution in [2.24, 2.45) is 10.9 Å². The minimum atomic E-state index is -4.44. The number of alkyl halides is 3. The van der Waals surface area contributed by atoms with Gasteiger partial charge in [-0.3, -0.25) is 0 Å². The third kappa shape index (κ3) is 7.00. The first-order valence-corrected chi connectivity index (χ1v) is 14.7. The predicted octanol–water partition coefficient (Wildman–Crippen LogP) is 5.17. The first kappa shape index (κ1) is 29.5. The lowest BCUT2D eigenvalue weighted by molar-refractivity contribution is -0.138. The number of oxime groups is 1. The molecule has 2 aromatic rings. The van der Waals surface area contributed by atoms with Gasteiger partial charge in [0.15, 0.2) is 0 Å².